The van der Waals surface area contributed by atoms with Crippen LogP contribution in [0.25, 0.3) is 0 Å². The Morgan fingerprint density at radius 2 is 2.21 bits per heavy atom. The van der Waals surface area contributed by atoms with Gasteiger partial charge in [0.1, 0.15) is 6.10 Å². The van der Waals surface area contributed by atoms with E-state index in [0.29, 0.717) is 6.61 Å². The summed E-state index contributed by atoms with van der Waals surface area (Å²) < 4.78 is 15.8. The molecule has 0 unspecified atom stereocenters. The average Bonchev–Trinajstić information content (AvgIpc) is 2.19. The maximum Gasteiger partial charge on any atom is 0.331 e. The van der Waals surface area contributed by atoms with Crippen molar-refractivity contribution in [2.45, 2.75) is 25.4 Å². The van der Waals surface area contributed by atoms with Crippen molar-refractivity contribution >= 4 is 5.97 Å². The first-order valence-electron chi connectivity index (χ1n) is 4.64. The van der Waals surface area contributed by atoms with Crippen LogP contribution in [0.2, 0.25) is 0 Å². The highest BCUT2D eigenvalue weighted by Crippen LogP contribution is 2.20. The number of fused-ring (bicyclic) bond motifs is 1. The Hall–Kier alpha value is -1.13. The van der Waals surface area contributed by atoms with E-state index in [9.17, 15) is 4.79 Å². The molecule has 4 nitrogen and oxygen atoms in total. The first-order chi connectivity index (χ1) is 6.79. The molecular formula is C10H12O4. The minimum Gasteiger partial charge on any atom is -0.452 e. The predicted octanol–water partition coefficient (Wildman–Crippen LogP) is 0.786. The van der Waals surface area contributed by atoms with Crippen LogP contribution in [0.3, 0.4) is 0 Å². The van der Waals surface area contributed by atoms with Crippen LogP contribution in [0.1, 0.15) is 6.92 Å². The molecule has 4 heteroatoms. The maximum atomic E-state index is 10.9. The normalized spacial score (nSPS) is 35.2. The third-order valence-electron chi connectivity index (χ3n) is 2.08. The second-order valence-electron chi connectivity index (χ2n) is 3.07. The summed E-state index contributed by atoms with van der Waals surface area (Å²) in [4.78, 5) is 10.9. The summed E-state index contributed by atoms with van der Waals surface area (Å²) in [6.45, 7) is 2.50. The first-order valence-corrected chi connectivity index (χ1v) is 4.64. The molecule has 2 heterocycles. The van der Waals surface area contributed by atoms with Crippen molar-refractivity contribution in [3.05, 3.63) is 24.3 Å². The van der Waals surface area contributed by atoms with Crippen molar-refractivity contribution in [2.75, 3.05) is 6.61 Å². The molecule has 0 radical (unpaired) electrons. The van der Waals surface area contributed by atoms with Crippen LogP contribution >= 0.6 is 0 Å². The summed E-state index contributed by atoms with van der Waals surface area (Å²) in [5.41, 5.74) is 0. The molecule has 0 amide bonds. The highest BCUT2D eigenvalue weighted by Gasteiger charge is 2.30. The molecular weight excluding hydrogens is 184 g/mol. The van der Waals surface area contributed by atoms with Gasteiger partial charge in [0.25, 0.3) is 0 Å². The van der Waals surface area contributed by atoms with Gasteiger partial charge >= 0.3 is 5.97 Å². The lowest BCUT2D eigenvalue weighted by atomic mass is 10.1. The van der Waals surface area contributed by atoms with Gasteiger partial charge in [-0.05, 0) is 25.2 Å². The number of carbonyl (C=O) groups is 1. The number of hydrogen-bond donors (Lipinski definition) is 0. The summed E-state index contributed by atoms with van der Waals surface area (Å²) in [6, 6.07) is 0. The Balaban J connectivity index is 2.04. The van der Waals surface area contributed by atoms with Crippen molar-refractivity contribution < 1.29 is 19.0 Å². The highest BCUT2D eigenvalue weighted by molar-refractivity contribution is 5.83. The zero-order valence-corrected chi connectivity index (χ0v) is 7.88. The minimum atomic E-state index is -0.331. The van der Waals surface area contributed by atoms with E-state index >= 15 is 0 Å². The van der Waals surface area contributed by atoms with E-state index in [-0.39, 0.29) is 24.5 Å². The fourth-order valence-corrected chi connectivity index (χ4v) is 1.45. The molecule has 0 aromatic heterocycles. The first kappa shape index (κ1) is 9.43. The van der Waals surface area contributed by atoms with Gasteiger partial charge in [-0.25, -0.2) is 4.79 Å². The molecule has 2 aliphatic heterocycles. The van der Waals surface area contributed by atoms with Crippen LogP contribution in [0.5, 0.6) is 0 Å². The van der Waals surface area contributed by atoms with Gasteiger partial charge in [-0.1, -0.05) is 0 Å². The molecule has 0 N–H and O–H groups in total. The summed E-state index contributed by atoms with van der Waals surface area (Å²) in [6.07, 6.45) is 5.80. The summed E-state index contributed by atoms with van der Waals surface area (Å²) >= 11 is 0. The Morgan fingerprint density at radius 3 is 3.00 bits per heavy atom. The zero-order valence-electron chi connectivity index (χ0n) is 7.88. The van der Waals surface area contributed by atoms with Gasteiger partial charge < -0.3 is 14.2 Å². The largest absolute Gasteiger partial charge is 0.452 e. The molecule has 0 aliphatic carbocycles. The molecule has 3 atom stereocenters. The van der Waals surface area contributed by atoms with E-state index < -0.39 is 0 Å². The maximum absolute atomic E-state index is 10.9. The van der Waals surface area contributed by atoms with Gasteiger partial charge in [-0.15, -0.1) is 0 Å². The van der Waals surface area contributed by atoms with Crippen LogP contribution in [0.4, 0.5) is 0 Å². The quantitative estimate of drug-likeness (QED) is 0.483. The summed E-state index contributed by atoms with van der Waals surface area (Å²) in [7, 11) is 0. The molecule has 0 saturated heterocycles. The monoisotopic (exact) mass is 196 g/mol. The van der Waals surface area contributed by atoms with Crippen LogP contribution < -0.4 is 0 Å². The van der Waals surface area contributed by atoms with E-state index in [1.807, 2.05) is 6.92 Å². The third-order valence-corrected chi connectivity index (χ3v) is 2.08. The molecule has 76 valence electrons. The molecule has 0 spiro atoms. The van der Waals surface area contributed by atoms with Crippen molar-refractivity contribution in [3.8, 4) is 0 Å². The van der Waals surface area contributed by atoms with Gasteiger partial charge in [0, 0.05) is 12.7 Å². The van der Waals surface area contributed by atoms with Gasteiger partial charge in [-0.3, -0.25) is 0 Å². The lowest BCUT2D eigenvalue weighted by molar-refractivity contribution is -0.175. The number of esters is 1. The molecule has 2 aliphatic rings. The summed E-state index contributed by atoms with van der Waals surface area (Å²) in [5.74, 6) is -0.325. The van der Waals surface area contributed by atoms with E-state index in [4.69, 9.17) is 14.2 Å². The lowest BCUT2D eigenvalue weighted by Crippen LogP contribution is -2.40. The Morgan fingerprint density at radius 1 is 1.36 bits per heavy atom. The minimum absolute atomic E-state index is 0.214. The molecule has 0 fully saturated rings. The van der Waals surface area contributed by atoms with Crippen molar-refractivity contribution in [1.29, 1.82) is 0 Å². The number of ether oxygens (including phenoxy) is 3. The predicted molar refractivity (Wildman–Crippen MR) is 48.4 cm³/mol. The second kappa shape index (κ2) is 3.94. The SMILES string of the molecule is CCO[C@@H]1C=C[C@@H]2OC(=O)C=C[C@H]2O1. The van der Waals surface area contributed by atoms with Gasteiger partial charge in [0.05, 0.1) is 0 Å². The smallest absolute Gasteiger partial charge is 0.331 e. The molecule has 0 bridgehead atoms. The van der Waals surface area contributed by atoms with Crippen LogP contribution in [0.15, 0.2) is 24.3 Å². The Bertz CT molecular complexity index is 282. The number of rotatable bonds is 2. The zero-order chi connectivity index (χ0) is 9.97. The molecule has 0 saturated carbocycles. The van der Waals surface area contributed by atoms with Crippen molar-refractivity contribution in [1.82, 2.24) is 0 Å². The molecule has 2 rings (SSSR count). The number of hydrogen-bond acceptors (Lipinski definition) is 4. The number of carbonyl (C=O) groups excluding carboxylic acids is 1. The third kappa shape index (κ3) is 1.86. The average molecular weight is 196 g/mol. The van der Waals surface area contributed by atoms with Crippen molar-refractivity contribution in [3.63, 3.8) is 0 Å². The summed E-state index contributed by atoms with van der Waals surface area (Å²) in [5, 5.41) is 0. The topological polar surface area (TPSA) is 44.8 Å². The van der Waals surface area contributed by atoms with Crippen molar-refractivity contribution in [2.24, 2.45) is 0 Å². The van der Waals surface area contributed by atoms with Gasteiger partial charge in [0.15, 0.2) is 12.4 Å². The molecule has 0 aromatic rings. The fraction of sp³-hybridized carbons (Fsp3) is 0.500. The van der Waals surface area contributed by atoms with E-state index in [0.717, 1.165) is 0 Å². The lowest BCUT2D eigenvalue weighted by Gasteiger charge is -2.31. The van der Waals surface area contributed by atoms with Crippen LogP contribution in [-0.4, -0.2) is 31.1 Å². The van der Waals surface area contributed by atoms with Gasteiger partial charge in [-0.2, -0.15) is 0 Å². The highest BCUT2D eigenvalue weighted by atomic mass is 16.7. The Kier molecular flexibility index (Phi) is 2.65. The van der Waals surface area contributed by atoms with Crippen LogP contribution in [-0.2, 0) is 19.0 Å². The second-order valence-corrected chi connectivity index (χ2v) is 3.07. The van der Waals surface area contributed by atoms with E-state index in [2.05, 4.69) is 0 Å². The fourth-order valence-electron chi connectivity index (χ4n) is 1.45. The Labute approximate surface area is 82.1 Å². The van der Waals surface area contributed by atoms with E-state index in [1.54, 1.807) is 18.2 Å². The standard InChI is InChI=1S/C10H12O4/c1-2-12-10-6-4-7-8(14-10)3-5-9(11)13-7/h3-8,10H,2H2,1H3/t7-,8+,10-/m0/s1. The molecule has 14 heavy (non-hydrogen) atoms. The van der Waals surface area contributed by atoms with Crippen LogP contribution in [0, 0.1) is 0 Å². The van der Waals surface area contributed by atoms with E-state index in [1.165, 1.54) is 6.08 Å². The molecule has 0 aromatic carbocycles. The van der Waals surface area contributed by atoms with Gasteiger partial charge in [0.2, 0.25) is 0 Å².